The highest BCUT2D eigenvalue weighted by molar-refractivity contribution is 5.85. The maximum Gasteiger partial charge on any atom is 0.452 e. The Balaban J connectivity index is 1.94. The molecular formula is C18H21N3O4. The number of ether oxygens (including phenoxy) is 2. The molecule has 0 N–H and O–H groups in total. The number of methoxy groups -OCH3 is 1. The monoisotopic (exact) mass is 343 g/mol. The lowest BCUT2D eigenvalue weighted by molar-refractivity contribution is 0.0515. The Morgan fingerprint density at radius 1 is 0.960 bits per heavy atom. The van der Waals surface area contributed by atoms with Crippen LogP contribution in [0.1, 0.15) is 26.3 Å². The van der Waals surface area contributed by atoms with Gasteiger partial charge in [-0.1, -0.05) is 52.1 Å². The molecule has 7 nitrogen and oxygen atoms in total. The predicted octanol–water partition coefficient (Wildman–Crippen LogP) is 3.69. The Morgan fingerprint density at radius 2 is 1.60 bits per heavy atom. The van der Waals surface area contributed by atoms with Crippen LogP contribution in [0.2, 0.25) is 0 Å². The summed E-state index contributed by atoms with van der Waals surface area (Å²) in [7, 11) is 1.27. The van der Waals surface area contributed by atoms with Crippen molar-refractivity contribution in [3.8, 4) is 0 Å². The molecule has 1 aromatic heterocycles. The molecule has 0 saturated heterocycles. The summed E-state index contributed by atoms with van der Waals surface area (Å²) in [5, 5.41) is 2.15. The fourth-order valence-electron chi connectivity index (χ4n) is 2.60. The number of carbonyl (C=O) groups is 2. The first-order valence-corrected chi connectivity index (χ1v) is 7.97. The zero-order chi connectivity index (χ0) is 18.2. The smallest absolute Gasteiger partial charge is 0.450 e. The Bertz CT molecular complexity index is 919. The summed E-state index contributed by atoms with van der Waals surface area (Å²) in [5.74, 6) is 0. The van der Waals surface area contributed by atoms with Gasteiger partial charge in [-0.3, -0.25) is 0 Å². The summed E-state index contributed by atoms with van der Waals surface area (Å²) in [6.07, 6.45) is -1.27. The van der Waals surface area contributed by atoms with Gasteiger partial charge < -0.3 is 9.47 Å². The van der Waals surface area contributed by atoms with Crippen molar-refractivity contribution in [3.63, 3.8) is 0 Å². The van der Waals surface area contributed by atoms with Crippen LogP contribution in [0.4, 0.5) is 9.59 Å². The van der Waals surface area contributed by atoms with E-state index in [1.54, 1.807) is 20.8 Å². The van der Waals surface area contributed by atoms with Crippen molar-refractivity contribution in [2.24, 2.45) is 0 Å². The van der Waals surface area contributed by atoms with Crippen molar-refractivity contribution in [1.82, 2.24) is 14.4 Å². The molecule has 0 spiro atoms. The third-order valence-corrected chi connectivity index (χ3v) is 3.67. The van der Waals surface area contributed by atoms with Crippen LogP contribution >= 0.6 is 0 Å². The maximum absolute atomic E-state index is 12.3. The molecule has 0 fully saturated rings. The van der Waals surface area contributed by atoms with Crippen LogP contribution in [0, 0.1) is 0 Å². The highest BCUT2D eigenvalue weighted by Gasteiger charge is 2.33. The Hall–Kier alpha value is -2.96. The van der Waals surface area contributed by atoms with E-state index in [1.165, 1.54) is 11.9 Å². The zero-order valence-corrected chi connectivity index (χ0v) is 14.7. The highest BCUT2D eigenvalue weighted by atomic mass is 16.6. The number of aromatic nitrogens is 3. The predicted molar refractivity (Wildman–Crippen MR) is 92.9 cm³/mol. The summed E-state index contributed by atoms with van der Waals surface area (Å²) in [6.45, 7) is 5.65. The van der Waals surface area contributed by atoms with Gasteiger partial charge in [-0.05, 0) is 37.1 Å². The molecular weight excluding hydrogens is 322 g/mol. The summed E-state index contributed by atoms with van der Waals surface area (Å²) in [6, 6.07) is 13.9. The maximum atomic E-state index is 12.3. The van der Waals surface area contributed by atoms with E-state index in [9.17, 15) is 9.59 Å². The molecule has 0 saturated carbocycles. The van der Waals surface area contributed by atoms with Crippen LogP contribution in [0.15, 0.2) is 42.5 Å². The first-order valence-electron chi connectivity index (χ1n) is 7.97. The quantitative estimate of drug-likeness (QED) is 0.712. The molecule has 0 aliphatic rings. The number of benzene rings is 2. The normalized spacial score (nSPS) is 11.7. The van der Waals surface area contributed by atoms with Gasteiger partial charge in [0.25, 0.3) is 0 Å². The molecule has 0 bridgehead atoms. The van der Waals surface area contributed by atoms with E-state index < -0.39 is 17.8 Å². The Labute approximate surface area is 145 Å². The van der Waals surface area contributed by atoms with E-state index in [-0.39, 0.29) is 0 Å². The summed E-state index contributed by atoms with van der Waals surface area (Å²) in [4.78, 5) is 28.0. The van der Waals surface area contributed by atoms with E-state index in [4.69, 9.17) is 9.47 Å². The van der Waals surface area contributed by atoms with E-state index in [0.717, 1.165) is 25.9 Å². The highest BCUT2D eigenvalue weighted by Crippen LogP contribution is 2.21. The minimum absolute atomic E-state index is 0.343. The van der Waals surface area contributed by atoms with E-state index >= 15 is 0 Å². The molecule has 25 heavy (non-hydrogen) atoms. The largest absolute Gasteiger partial charge is 0.452 e. The Morgan fingerprint density at radius 3 is 2.28 bits per heavy atom. The van der Waals surface area contributed by atoms with Crippen molar-refractivity contribution in [2.45, 2.75) is 32.9 Å². The van der Waals surface area contributed by atoms with Crippen molar-refractivity contribution >= 4 is 23.0 Å². The van der Waals surface area contributed by atoms with E-state index in [1.807, 2.05) is 42.5 Å². The number of carbonyl (C=O) groups excluding carboxylic acids is 2. The van der Waals surface area contributed by atoms with Crippen molar-refractivity contribution in [3.05, 3.63) is 48.0 Å². The SMILES string of the molecule is COC(=O)n1n(Cc2cccc3ccccc23)n1C(=O)OC(C)(C)C. The minimum atomic E-state index is -0.660. The molecule has 2 aromatic carbocycles. The van der Waals surface area contributed by atoms with Gasteiger partial charge in [0, 0.05) is 0 Å². The van der Waals surface area contributed by atoms with Gasteiger partial charge in [-0.25, -0.2) is 9.59 Å². The van der Waals surface area contributed by atoms with Crippen LogP contribution in [-0.4, -0.2) is 39.3 Å². The number of hydrogen-bond acceptors (Lipinski definition) is 4. The first kappa shape index (κ1) is 16.9. The van der Waals surface area contributed by atoms with Crippen LogP contribution in [0.5, 0.6) is 0 Å². The molecule has 3 rings (SSSR count). The first-order chi connectivity index (χ1) is 11.8. The van der Waals surface area contributed by atoms with Crippen LogP contribution in [0.3, 0.4) is 0 Å². The molecule has 132 valence electrons. The molecule has 0 aliphatic heterocycles. The lowest BCUT2D eigenvalue weighted by Gasteiger charge is -2.17. The lowest BCUT2D eigenvalue weighted by Crippen LogP contribution is -2.27. The number of hydrogen-bond donors (Lipinski definition) is 0. The van der Waals surface area contributed by atoms with Crippen molar-refractivity contribution in [2.75, 3.05) is 7.11 Å². The third kappa shape index (κ3) is 3.45. The second kappa shape index (κ2) is 6.16. The van der Waals surface area contributed by atoms with Gasteiger partial charge in [0.1, 0.15) is 5.60 Å². The molecule has 0 aliphatic carbocycles. The molecule has 7 heteroatoms. The lowest BCUT2D eigenvalue weighted by atomic mass is 10.1. The standard InChI is InChI=1S/C18H21N3O4/c1-18(2,3)25-17(23)21-19(20(21)16(22)24-4)12-14-10-7-9-13-8-5-6-11-15(13)14/h5-11H,12H2,1-4H3. The zero-order valence-electron chi connectivity index (χ0n) is 14.7. The number of nitrogens with zero attached hydrogens (tertiary/aromatic N) is 3. The summed E-state index contributed by atoms with van der Waals surface area (Å²) < 4.78 is 10.1. The van der Waals surface area contributed by atoms with Gasteiger partial charge >= 0.3 is 12.2 Å². The van der Waals surface area contributed by atoms with E-state index in [0.29, 0.717) is 6.54 Å². The molecule has 0 radical (unpaired) electrons. The number of rotatable bonds is 2. The second-order valence-electron chi connectivity index (χ2n) is 6.70. The van der Waals surface area contributed by atoms with Gasteiger partial charge in [-0.2, -0.15) is 4.80 Å². The average Bonchev–Trinajstić information content (AvgIpc) is 3.27. The van der Waals surface area contributed by atoms with Gasteiger partial charge in [0.2, 0.25) is 0 Å². The van der Waals surface area contributed by atoms with Gasteiger partial charge in [0.05, 0.1) is 13.7 Å². The van der Waals surface area contributed by atoms with E-state index in [2.05, 4.69) is 0 Å². The molecule has 0 atom stereocenters. The fraction of sp³-hybridized carbons (Fsp3) is 0.333. The van der Waals surface area contributed by atoms with Crippen LogP contribution < -0.4 is 0 Å². The molecule has 1 heterocycles. The summed E-state index contributed by atoms with van der Waals surface area (Å²) >= 11 is 0. The Kier molecular flexibility index (Phi) is 4.16. The number of fused-ring (bicyclic) bond motifs is 1. The van der Waals surface area contributed by atoms with Crippen molar-refractivity contribution < 1.29 is 19.1 Å². The minimum Gasteiger partial charge on any atom is -0.450 e. The second-order valence-corrected chi connectivity index (χ2v) is 6.70. The van der Waals surface area contributed by atoms with Crippen molar-refractivity contribution in [1.29, 1.82) is 0 Å². The topological polar surface area (TPSA) is 67.4 Å². The van der Waals surface area contributed by atoms with Gasteiger partial charge in [-0.15, -0.1) is 0 Å². The molecule has 0 amide bonds. The molecule has 0 unspecified atom stereocenters. The molecule has 3 aromatic rings. The van der Waals surface area contributed by atoms with Crippen LogP contribution in [0.25, 0.3) is 10.8 Å². The summed E-state index contributed by atoms with van der Waals surface area (Å²) in [5.41, 5.74) is 0.324. The third-order valence-electron chi connectivity index (χ3n) is 3.67. The average molecular weight is 343 g/mol. The fourth-order valence-corrected chi connectivity index (χ4v) is 2.60. The van der Waals surface area contributed by atoms with Crippen LogP contribution in [-0.2, 0) is 16.0 Å². The van der Waals surface area contributed by atoms with Gasteiger partial charge in [0.15, 0.2) is 0 Å².